The van der Waals surface area contributed by atoms with Gasteiger partial charge in [0.25, 0.3) is 0 Å². The highest BCUT2D eigenvalue weighted by Crippen LogP contribution is 2.28. The van der Waals surface area contributed by atoms with Crippen molar-refractivity contribution in [2.45, 2.75) is 19.8 Å². The van der Waals surface area contributed by atoms with E-state index in [0.717, 1.165) is 53.3 Å². The number of aromatic nitrogens is 3. The van der Waals surface area contributed by atoms with E-state index in [4.69, 9.17) is 0 Å². The van der Waals surface area contributed by atoms with Crippen LogP contribution in [0.3, 0.4) is 0 Å². The number of aryl methyl sites for hydroxylation is 1. The first kappa shape index (κ1) is 17.9. The van der Waals surface area contributed by atoms with Gasteiger partial charge >= 0.3 is 0 Å². The predicted molar refractivity (Wildman–Crippen MR) is 107 cm³/mol. The lowest BCUT2D eigenvalue weighted by Gasteiger charge is -2.15. The van der Waals surface area contributed by atoms with Gasteiger partial charge in [0.2, 0.25) is 5.13 Å². The molecular formula is C20H22FN5S. The van der Waals surface area contributed by atoms with Crippen LogP contribution in [0.2, 0.25) is 0 Å². The first-order chi connectivity index (χ1) is 13.2. The van der Waals surface area contributed by atoms with Crippen LogP contribution in [0.25, 0.3) is 0 Å². The van der Waals surface area contributed by atoms with E-state index in [2.05, 4.69) is 25.4 Å². The van der Waals surface area contributed by atoms with Crippen LogP contribution in [0.5, 0.6) is 0 Å². The minimum Gasteiger partial charge on any atom is -0.370 e. The maximum absolute atomic E-state index is 13.0. The first-order valence-corrected chi connectivity index (χ1v) is 9.97. The van der Waals surface area contributed by atoms with Crippen LogP contribution in [0.1, 0.15) is 22.7 Å². The van der Waals surface area contributed by atoms with Crippen molar-refractivity contribution in [3.8, 4) is 0 Å². The van der Waals surface area contributed by atoms with Crippen molar-refractivity contribution in [2.75, 3.05) is 29.9 Å². The molecule has 0 spiro atoms. The smallest absolute Gasteiger partial charge is 0.208 e. The maximum atomic E-state index is 13.0. The number of anilines is 2. The molecule has 0 aliphatic carbocycles. The summed E-state index contributed by atoms with van der Waals surface area (Å²) in [7, 11) is 0. The van der Waals surface area contributed by atoms with Gasteiger partial charge in [-0.1, -0.05) is 29.5 Å². The largest absolute Gasteiger partial charge is 0.370 e. The van der Waals surface area contributed by atoms with Gasteiger partial charge in [0.1, 0.15) is 16.6 Å². The summed E-state index contributed by atoms with van der Waals surface area (Å²) in [4.78, 5) is 6.80. The Hall–Kier alpha value is -2.54. The monoisotopic (exact) mass is 383 g/mol. The van der Waals surface area contributed by atoms with Crippen LogP contribution >= 0.6 is 11.3 Å². The van der Waals surface area contributed by atoms with Gasteiger partial charge in [0.15, 0.2) is 0 Å². The number of halogens is 1. The van der Waals surface area contributed by atoms with E-state index in [1.54, 1.807) is 23.5 Å². The zero-order valence-corrected chi connectivity index (χ0v) is 16.0. The van der Waals surface area contributed by atoms with Crippen molar-refractivity contribution in [3.63, 3.8) is 0 Å². The van der Waals surface area contributed by atoms with Gasteiger partial charge in [-0.05, 0) is 49.1 Å². The van der Waals surface area contributed by atoms with Crippen molar-refractivity contribution < 1.29 is 4.39 Å². The van der Waals surface area contributed by atoms with Crippen molar-refractivity contribution in [1.29, 1.82) is 0 Å². The number of nitrogens with zero attached hydrogens (tertiary/aromatic N) is 4. The lowest BCUT2D eigenvalue weighted by Crippen LogP contribution is -2.22. The molecule has 7 heteroatoms. The summed E-state index contributed by atoms with van der Waals surface area (Å²) in [6, 6.07) is 12.6. The van der Waals surface area contributed by atoms with E-state index < -0.39 is 0 Å². The molecule has 27 heavy (non-hydrogen) atoms. The summed E-state index contributed by atoms with van der Waals surface area (Å²) in [6.07, 6.45) is 1.82. The Balaban J connectivity index is 1.31. The average molecular weight is 383 g/mol. The number of pyridine rings is 1. The second kappa shape index (κ2) is 8.00. The van der Waals surface area contributed by atoms with Crippen LogP contribution in [0, 0.1) is 18.7 Å². The molecule has 0 radical (unpaired) electrons. The first-order valence-electron chi connectivity index (χ1n) is 9.15. The van der Waals surface area contributed by atoms with Crippen molar-refractivity contribution in [1.82, 2.24) is 15.2 Å². The van der Waals surface area contributed by atoms with Crippen LogP contribution in [-0.4, -0.2) is 34.8 Å². The third-order valence-electron chi connectivity index (χ3n) is 4.74. The highest BCUT2D eigenvalue weighted by Gasteiger charge is 2.25. The van der Waals surface area contributed by atoms with Gasteiger partial charge in [0.05, 0.1) is 0 Å². The second-order valence-corrected chi connectivity index (χ2v) is 7.97. The van der Waals surface area contributed by atoms with Gasteiger partial charge in [-0.2, -0.15) is 0 Å². The summed E-state index contributed by atoms with van der Waals surface area (Å²) >= 11 is 1.62. The number of hydrogen-bond donors (Lipinski definition) is 1. The molecule has 1 fully saturated rings. The number of benzene rings is 1. The SMILES string of the molecule is Cc1cccc(NCC2CCN(c3nnc(Cc4ccc(F)cc4)s3)C2)n1. The predicted octanol–water partition coefficient (Wildman–Crippen LogP) is 3.91. The van der Waals surface area contributed by atoms with Gasteiger partial charge in [-0.25, -0.2) is 9.37 Å². The Kier molecular flexibility index (Phi) is 5.29. The van der Waals surface area contributed by atoms with Crippen molar-refractivity contribution in [3.05, 3.63) is 64.5 Å². The van der Waals surface area contributed by atoms with Crippen LogP contribution in [-0.2, 0) is 6.42 Å². The lowest BCUT2D eigenvalue weighted by atomic mass is 10.1. The fourth-order valence-electron chi connectivity index (χ4n) is 3.28. The molecule has 3 heterocycles. The molecule has 1 N–H and O–H groups in total. The average Bonchev–Trinajstić information content (AvgIpc) is 3.31. The van der Waals surface area contributed by atoms with Gasteiger partial charge in [0, 0.05) is 31.7 Å². The van der Waals surface area contributed by atoms with Gasteiger partial charge < -0.3 is 10.2 Å². The molecule has 0 bridgehead atoms. The molecule has 0 amide bonds. The molecule has 4 rings (SSSR count). The molecule has 2 aromatic heterocycles. The summed E-state index contributed by atoms with van der Waals surface area (Å²) < 4.78 is 13.0. The maximum Gasteiger partial charge on any atom is 0.208 e. The molecule has 1 saturated heterocycles. The summed E-state index contributed by atoms with van der Waals surface area (Å²) in [5.74, 6) is 1.29. The second-order valence-electron chi connectivity index (χ2n) is 6.93. The van der Waals surface area contributed by atoms with E-state index in [-0.39, 0.29) is 5.82 Å². The Morgan fingerprint density at radius 3 is 2.85 bits per heavy atom. The van der Waals surface area contributed by atoms with Crippen LogP contribution < -0.4 is 10.2 Å². The Bertz CT molecular complexity index is 895. The third kappa shape index (κ3) is 4.60. The Morgan fingerprint density at radius 1 is 1.19 bits per heavy atom. The standard InChI is InChI=1S/C20H22FN5S/c1-14-3-2-4-18(23-14)22-12-16-9-10-26(13-16)20-25-24-19(27-20)11-15-5-7-17(21)8-6-15/h2-8,16H,9-13H2,1H3,(H,22,23). The zero-order valence-electron chi connectivity index (χ0n) is 15.2. The molecule has 3 aromatic rings. The minimum absolute atomic E-state index is 0.214. The molecule has 1 aromatic carbocycles. The third-order valence-corrected chi connectivity index (χ3v) is 5.73. The highest BCUT2D eigenvalue weighted by atomic mass is 32.1. The Labute approximate surface area is 162 Å². The van der Waals surface area contributed by atoms with Crippen molar-refractivity contribution >= 4 is 22.3 Å². The quantitative estimate of drug-likeness (QED) is 0.699. The number of rotatable bonds is 6. The molecule has 1 aliphatic heterocycles. The summed E-state index contributed by atoms with van der Waals surface area (Å²) in [5, 5.41) is 14.1. The zero-order chi connectivity index (χ0) is 18.6. The van der Waals surface area contributed by atoms with E-state index in [1.165, 1.54) is 12.1 Å². The molecule has 140 valence electrons. The number of nitrogens with one attached hydrogen (secondary N) is 1. The van der Waals surface area contributed by atoms with E-state index >= 15 is 0 Å². The fraction of sp³-hybridized carbons (Fsp3) is 0.350. The van der Waals surface area contributed by atoms with Gasteiger partial charge in [-0.15, -0.1) is 10.2 Å². The normalized spacial score (nSPS) is 16.7. The lowest BCUT2D eigenvalue weighted by molar-refractivity contribution is 0.621. The highest BCUT2D eigenvalue weighted by molar-refractivity contribution is 7.15. The summed E-state index contributed by atoms with van der Waals surface area (Å²) in [5.41, 5.74) is 2.07. The molecule has 1 aliphatic rings. The molecule has 1 atom stereocenters. The van der Waals surface area contributed by atoms with Gasteiger partial charge in [-0.3, -0.25) is 0 Å². The fourth-order valence-corrected chi connectivity index (χ4v) is 4.19. The van der Waals surface area contributed by atoms with Crippen LogP contribution in [0.15, 0.2) is 42.5 Å². The van der Waals surface area contributed by atoms with E-state index in [9.17, 15) is 4.39 Å². The number of hydrogen-bond acceptors (Lipinski definition) is 6. The topological polar surface area (TPSA) is 53.9 Å². The van der Waals surface area contributed by atoms with Crippen molar-refractivity contribution in [2.24, 2.45) is 5.92 Å². The molecule has 5 nitrogen and oxygen atoms in total. The van der Waals surface area contributed by atoms with Crippen LogP contribution in [0.4, 0.5) is 15.3 Å². The molecular weight excluding hydrogens is 361 g/mol. The van der Waals surface area contributed by atoms with E-state index in [1.807, 2.05) is 25.1 Å². The molecule has 0 saturated carbocycles. The minimum atomic E-state index is -0.214. The molecule has 1 unspecified atom stereocenters. The Morgan fingerprint density at radius 2 is 2.04 bits per heavy atom. The summed E-state index contributed by atoms with van der Waals surface area (Å²) in [6.45, 7) is 4.89. The van der Waals surface area contributed by atoms with E-state index in [0.29, 0.717) is 12.3 Å².